The molecule has 1 aromatic carbocycles. The fourth-order valence-electron chi connectivity index (χ4n) is 6.33. The van der Waals surface area contributed by atoms with E-state index in [9.17, 15) is 4.79 Å². The van der Waals surface area contributed by atoms with Gasteiger partial charge in [0.15, 0.2) is 6.29 Å². The van der Waals surface area contributed by atoms with Gasteiger partial charge in [0.25, 0.3) is 5.91 Å². The quantitative estimate of drug-likeness (QED) is 0.130. The first-order valence-electron chi connectivity index (χ1n) is 18.1. The van der Waals surface area contributed by atoms with E-state index < -0.39 is 0 Å². The van der Waals surface area contributed by atoms with E-state index >= 15 is 0 Å². The number of piperidine rings is 2. The Balaban J connectivity index is 0.00000167. The zero-order chi connectivity index (χ0) is 34.5. The van der Waals surface area contributed by atoms with Crippen molar-refractivity contribution in [3.63, 3.8) is 0 Å². The second-order valence-corrected chi connectivity index (χ2v) is 13.5. The predicted octanol–water partition coefficient (Wildman–Crippen LogP) is 8.64. The maximum atomic E-state index is 13.1. The Morgan fingerprint density at radius 2 is 1.60 bits per heavy atom. The lowest BCUT2D eigenvalue weighted by Crippen LogP contribution is -2.45. The molecule has 0 unspecified atom stereocenters. The molecule has 264 valence electrons. The van der Waals surface area contributed by atoms with E-state index in [2.05, 4.69) is 70.4 Å². The van der Waals surface area contributed by atoms with Crippen LogP contribution in [0.4, 0.5) is 11.5 Å². The number of hydrogen-bond donors (Lipinski definition) is 2. The van der Waals surface area contributed by atoms with Gasteiger partial charge >= 0.3 is 0 Å². The van der Waals surface area contributed by atoms with Crippen molar-refractivity contribution in [3.05, 3.63) is 53.6 Å². The molecule has 48 heavy (non-hydrogen) atoms. The topological polar surface area (TPSA) is 95.6 Å². The van der Waals surface area contributed by atoms with E-state index in [1.807, 2.05) is 19.2 Å². The van der Waals surface area contributed by atoms with Crippen molar-refractivity contribution in [2.75, 3.05) is 49.2 Å². The lowest BCUT2D eigenvalue weighted by molar-refractivity contribution is -0.177. The number of nitrogens with one attached hydrogen (secondary N) is 2. The Morgan fingerprint density at radius 3 is 2.17 bits per heavy atom. The number of H-pyrrole nitrogens is 1. The molecular weight excluding hydrogens is 624 g/mol. The summed E-state index contributed by atoms with van der Waals surface area (Å²) < 4.78 is 12.3. The summed E-state index contributed by atoms with van der Waals surface area (Å²) in [5, 5.41) is 4.92. The normalized spacial score (nSPS) is 15.9. The highest BCUT2D eigenvalue weighted by atomic mass is 35.5. The number of hydrogen-bond acceptors (Lipinski definition) is 7. The van der Waals surface area contributed by atoms with Crippen LogP contribution in [-0.2, 0) is 9.47 Å². The smallest absolute Gasteiger partial charge is 0.271 e. The number of amides is 1. The highest BCUT2D eigenvalue weighted by Crippen LogP contribution is 2.37. The first kappa shape index (κ1) is 37.7. The number of unbranched alkanes of at least 4 members (excludes halogenated alkanes) is 2. The highest BCUT2D eigenvalue weighted by molar-refractivity contribution is 6.36. The van der Waals surface area contributed by atoms with E-state index in [4.69, 9.17) is 21.1 Å². The Morgan fingerprint density at radius 1 is 0.979 bits per heavy atom. The minimum absolute atomic E-state index is 0.0821. The number of aromatic amines is 1. The molecule has 3 aromatic rings. The van der Waals surface area contributed by atoms with Crippen LogP contribution < -0.4 is 15.1 Å². The number of rotatable bonds is 14. The van der Waals surface area contributed by atoms with Gasteiger partial charge in [0.1, 0.15) is 11.5 Å². The number of halogens is 1. The number of benzene rings is 1. The van der Waals surface area contributed by atoms with Crippen LogP contribution in [0, 0.1) is 5.92 Å². The van der Waals surface area contributed by atoms with E-state index in [-0.39, 0.29) is 18.2 Å². The third-order valence-corrected chi connectivity index (χ3v) is 9.39. The van der Waals surface area contributed by atoms with Crippen molar-refractivity contribution >= 4 is 45.5 Å². The highest BCUT2D eigenvalue weighted by Gasteiger charge is 2.29. The van der Waals surface area contributed by atoms with Gasteiger partial charge < -0.3 is 29.6 Å². The van der Waals surface area contributed by atoms with Crippen LogP contribution in [0.1, 0.15) is 108 Å². The molecule has 9 nitrogen and oxygen atoms in total. The van der Waals surface area contributed by atoms with Crippen molar-refractivity contribution in [2.24, 2.45) is 5.92 Å². The predicted molar refractivity (Wildman–Crippen MR) is 199 cm³/mol. The van der Waals surface area contributed by atoms with Crippen molar-refractivity contribution < 1.29 is 14.3 Å². The van der Waals surface area contributed by atoms with Crippen LogP contribution in [0.15, 0.2) is 37.3 Å². The standard InChI is InChI=1S/C35H49ClN6O3.C3H8/c1-5-7-19-44-35(45-20-8-6-2)25-11-15-42(16-12-25)31-23-37-29(22-38-31)34(43)40-26-13-17-41(18-14-26)30-10-9-28(36)32-27(24(3)4)21-39-33(30)32;1-3-2/h9-10,21-23,25-26,35,39H,3,5-8,11-20H2,1-2,4H3,(H,40,43);3H2,1-2H3. The van der Waals surface area contributed by atoms with Crippen LogP contribution in [-0.4, -0.2) is 72.6 Å². The van der Waals surface area contributed by atoms with Gasteiger partial charge in [0.2, 0.25) is 0 Å². The fourth-order valence-corrected chi connectivity index (χ4v) is 6.59. The zero-order valence-corrected chi connectivity index (χ0v) is 30.6. The lowest BCUT2D eigenvalue weighted by Gasteiger charge is -2.36. The van der Waals surface area contributed by atoms with Crippen molar-refractivity contribution in [1.29, 1.82) is 0 Å². The van der Waals surface area contributed by atoms with Gasteiger partial charge in [0, 0.05) is 68.5 Å². The summed E-state index contributed by atoms with van der Waals surface area (Å²) in [6, 6.07) is 4.11. The average molecular weight is 681 g/mol. The molecule has 1 amide bonds. The molecule has 2 saturated heterocycles. The minimum atomic E-state index is -0.174. The first-order chi connectivity index (χ1) is 23.3. The Bertz CT molecular complexity index is 1420. The minimum Gasteiger partial charge on any atom is -0.370 e. The second-order valence-electron chi connectivity index (χ2n) is 13.1. The van der Waals surface area contributed by atoms with Gasteiger partial charge in [-0.25, -0.2) is 9.97 Å². The third-order valence-electron chi connectivity index (χ3n) is 9.07. The Labute approximate surface area is 292 Å². The molecule has 4 heterocycles. The van der Waals surface area contributed by atoms with Crippen molar-refractivity contribution in [1.82, 2.24) is 20.3 Å². The summed E-state index contributed by atoms with van der Waals surface area (Å²) in [6.07, 6.45) is 14.4. The van der Waals surface area contributed by atoms with Crippen LogP contribution in [0.3, 0.4) is 0 Å². The molecular formula is C38H57ClN6O3. The van der Waals surface area contributed by atoms with Gasteiger partial charge in [-0.2, -0.15) is 0 Å². The third kappa shape index (κ3) is 9.95. The molecule has 2 aliphatic heterocycles. The molecule has 0 radical (unpaired) electrons. The van der Waals surface area contributed by atoms with Gasteiger partial charge in [-0.15, -0.1) is 0 Å². The molecule has 0 bridgehead atoms. The van der Waals surface area contributed by atoms with Crippen LogP contribution >= 0.6 is 11.6 Å². The van der Waals surface area contributed by atoms with Crippen molar-refractivity contribution in [3.8, 4) is 0 Å². The fraction of sp³-hybridized carbons (Fsp3) is 0.605. The summed E-state index contributed by atoms with van der Waals surface area (Å²) >= 11 is 6.56. The van der Waals surface area contributed by atoms with Crippen LogP contribution in [0.5, 0.6) is 0 Å². The molecule has 2 N–H and O–H groups in total. The van der Waals surface area contributed by atoms with E-state index in [1.165, 1.54) is 6.42 Å². The van der Waals surface area contributed by atoms with Gasteiger partial charge in [-0.05, 0) is 63.2 Å². The number of allylic oxidation sites excluding steroid dienone is 1. The summed E-state index contributed by atoms with van der Waals surface area (Å²) in [4.78, 5) is 30.2. The molecule has 0 spiro atoms. The van der Waals surface area contributed by atoms with Gasteiger partial charge in [0.05, 0.1) is 28.6 Å². The Kier molecular flexibility index (Phi) is 15.0. The van der Waals surface area contributed by atoms with E-state index in [0.717, 1.165) is 129 Å². The summed E-state index contributed by atoms with van der Waals surface area (Å²) in [5.74, 6) is 1.01. The summed E-state index contributed by atoms with van der Waals surface area (Å²) in [5.41, 5.74) is 4.53. The monoisotopic (exact) mass is 680 g/mol. The van der Waals surface area contributed by atoms with Crippen LogP contribution in [0.25, 0.3) is 16.5 Å². The number of ether oxygens (including phenoxy) is 2. The number of carbonyl (C=O) groups is 1. The van der Waals surface area contributed by atoms with E-state index in [0.29, 0.717) is 11.6 Å². The molecule has 2 aliphatic rings. The van der Waals surface area contributed by atoms with E-state index in [1.54, 1.807) is 12.4 Å². The van der Waals surface area contributed by atoms with Crippen LogP contribution in [0.2, 0.25) is 5.02 Å². The molecule has 2 aromatic heterocycles. The molecule has 0 saturated carbocycles. The number of aromatic nitrogens is 3. The van der Waals surface area contributed by atoms with Gasteiger partial charge in [-0.3, -0.25) is 4.79 Å². The first-order valence-corrected chi connectivity index (χ1v) is 18.5. The lowest BCUT2D eigenvalue weighted by atomic mass is 9.96. The molecule has 2 fully saturated rings. The summed E-state index contributed by atoms with van der Waals surface area (Å²) in [6.45, 7) is 19.6. The Hall–Kier alpha value is -3.14. The maximum Gasteiger partial charge on any atom is 0.271 e. The molecule has 10 heteroatoms. The molecule has 0 atom stereocenters. The number of anilines is 2. The number of nitrogens with zero attached hydrogens (tertiary/aromatic N) is 4. The zero-order valence-electron chi connectivity index (χ0n) is 29.8. The average Bonchev–Trinajstić information content (AvgIpc) is 3.56. The number of fused-ring (bicyclic) bond motifs is 1. The maximum absolute atomic E-state index is 13.1. The van der Waals surface area contributed by atoms with Crippen molar-refractivity contribution in [2.45, 2.75) is 105 Å². The largest absolute Gasteiger partial charge is 0.370 e. The number of carbonyl (C=O) groups excluding carboxylic acids is 1. The summed E-state index contributed by atoms with van der Waals surface area (Å²) in [7, 11) is 0. The second kappa shape index (κ2) is 19.2. The SMILES string of the molecule is C=C(C)c1c[nH]c2c(N3CCC(NC(=O)c4cnc(N5CCC(C(OCCCC)OCCCC)CC5)cn4)CC3)ccc(Cl)c12.CCC. The van der Waals surface area contributed by atoms with Gasteiger partial charge in [-0.1, -0.05) is 65.1 Å². The molecule has 5 rings (SSSR count). The molecule has 0 aliphatic carbocycles.